The van der Waals surface area contributed by atoms with Crippen LogP contribution in [0.4, 0.5) is 4.79 Å². The van der Waals surface area contributed by atoms with Gasteiger partial charge in [-0.3, -0.25) is 9.59 Å². The third-order valence-electron chi connectivity index (χ3n) is 4.80. The topological polar surface area (TPSA) is 179 Å². The first-order valence-corrected chi connectivity index (χ1v) is 10.8. The fourth-order valence-electron chi connectivity index (χ4n) is 2.76. The van der Waals surface area contributed by atoms with Crippen LogP contribution in [0.15, 0.2) is 60.7 Å². The van der Waals surface area contributed by atoms with Crippen molar-refractivity contribution >= 4 is 30.1 Å². The van der Waals surface area contributed by atoms with Gasteiger partial charge in [0.1, 0.15) is 11.1 Å². The lowest BCUT2D eigenvalue weighted by Gasteiger charge is -2.30. The maximum Gasteiger partial charge on any atom is 0.408 e. The van der Waals surface area contributed by atoms with Gasteiger partial charge >= 0.3 is 6.09 Å². The average molecular weight is 527 g/mol. The van der Waals surface area contributed by atoms with E-state index in [2.05, 4.69) is 5.32 Å². The molecular formula is C25H35ClN2O8. The Morgan fingerprint density at radius 2 is 1.14 bits per heavy atom. The fourth-order valence-corrected chi connectivity index (χ4v) is 2.76. The van der Waals surface area contributed by atoms with E-state index in [0.717, 1.165) is 0 Å². The van der Waals surface area contributed by atoms with Crippen molar-refractivity contribution in [3.8, 4) is 0 Å². The standard InChI is InChI=1S/C15H21NO5.C10H13NO3.ClH/c1-14(2,3)21-13(20)16-15(9-17,10-18)12(19)11-7-5-4-6-8-11;11-10(6-12,7-13)9(14)8-4-2-1-3-5-8;/h4-8,17-18H,9-10H2,1-3H3,(H,16,20);1-5,12-13H,6-7,11H2;1H. The summed E-state index contributed by atoms with van der Waals surface area (Å²) in [6, 6.07) is 16.5. The number of benzene rings is 2. The molecule has 0 spiro atoms. The lowest BCUT2D eigenvalue weighted by atomic mass is 9.91. The molecule has 0 aromatic heterocycles. The number of nitrogens with two attached hydrogens (primary N) is 1. The van der Waals surface area contributed by atoms with Crippen molar-refractivity contribution in [1.82, 2.24) is 5.32 Å². The highest BCUT2D eigenvalue weighted by Gasteiger charge is 2.40. The minimum Gasteiger partial charge on any atom is -0.444 e. The van der Waals surface area contributed by atoms with Crippen molar-refractivity contribution in [2.24, 2.45) is 5.73 Å². The van der Waals surface area contributed by atoms with E-state index < -0.39 is 60.8 Å². The summed E-state index contributed by atoms with van der Waals surface area (Å²) < 4.78 is 5.06. The quantitative estimate of drug-likeness (QED) is 0.261. The number of aliphatic hydroxyl groups is 4. The van der Waals surface area contributed by atoms with Crippen LogP contribution in [-0.4, -0.2) is 81.2 Å². The summed E-state index contributed by atoms with van der Waals surface area (Å²) in [6.45, 7) is 2.39. The van der Waals surface area contributed by atoms with E-state index in [9.17, 15) is 24.6 Å². The average Bonchev–Trinajstić information content (AvgIpc) is 2.86. The molecular weight excluding hydrogens is 492 g/mol. The minimum atomic E-state index is -1.82. The van der Waals surface area contributed by atoms with E-state index in [-0.39, 0.29) is 18.0 Å². The second-order valence-corrected chi connectivity index (χ2v) is 8.89. The highest BCUT2D eigenvalue weighted by Crippen LogP contribution is 2.15. The van der Waals surface area contributed by atoms with Crippen LogP contribution in [0.25, 0.3) is 0 Å². The molecule has 2 aromatic rings. The molecule has 0 atom stereocenters. The predicted octanol–water partition coefficient (Wildman–Crippen LogP) is 1.09. The largest absolute Gasteiger partial charge is 0.444 e. The third-order valence-corrected chi connectivity index (χ3v) is 4.80. The van der Waals surface area contributed by atoms with Crippen LogP contribution in [0.2, 0.25) is 0 Å². The summed E-state index contributed by atoms with van der Waals surface area (Å²) >= 11 is 0. The summed E-state index contributed by atoms with van der Waals surface area (Å²) in [5.74, 6) is -1.04. The third kappa shape index (κ3) is 9.30. The number of hydrogen-bond donors (Lipinski definition) is 6. The number of Topliss-reactive ketones (excluding diaryl/α,β-unsaturated/α-hetero) is 2. The zero-order valence-electron chi connectivity index (χ0n) is 20.5. The number of carbonyl (C=O) groups is 3. The molecule has 0 radical (unpaired) electrons. The molecule has 0 saturated carbocycles. The number of ether oxygens (including phenoxy) is 1. The van der Waals surface area contributed by atoms with Gasteiger partial charge in [0.2, 0.25) is 0 Å². The van der Waals surface area contributed by atoms with Crippen molar-refractivity contribution in [3.63, 3.8) is 0 Å². The van der Waals surface area contributed by atoms with Crippen molar-refractivity contribution in [3.05, 3.63) is 71.8 Å². The van der Waals surface area contributed by atoms with Gasteiger partial charge < -0.3 is 36.2 Å². The predicted molar refractivity (Wildman–Crippen MR) is 136 cm³/mol. The number of alkyl carbamates (subject to hydrolysis) is 1. The van der Waals surface area contributed by atoms with E-state index in [0.29, 0.717) is 5.56 Å². The molecule has 0 aliphatic heterocycles. The molecule has 0 aliphatic carbocycles. The van der Waals surface area contributed by atoms with Gasteiger partial charge in [-0.15, -0.1) is 12.4 Å². The van der Waals surface area contributed by atoms with Gasteiger partial charge in [-0.25, -0.2) is 4.79 Å². The Hall–Kier alpha value is -2.86. The fraction of sp³-hybridized carbons (Fsp3) is 0.400. The lowest BCUT2D eigenvalue weighted by molar-refractivity contribution is 0.0280. The first kappa shape index (κ1) is 33.1. The van der Waals surface area contributed by atoms with E-state index in [1.807, 2.05) is 0 Å². The molecule has 0 bridgehead atoms. The Bertz CT molecular complexity index is 957. The molecule has 200 valence electrons. The molecule has 11 heteroatoms. The zero-order valence-corrected chi connectivity index (χ0v) is 21.3. The highest BCUT2D eigenvalue weighted by molar-refractivity contribution is 6.05. The normalized spacial score (nSPS) is 11.3. The first-order chi connectivity index (χ1) is 16.4. The molecule has 10 nitrogen and oxygen atoms in total. The maximum absolute atomic E-state index is 12.4. The van der Waals surface area contributed by atoms with E-state index in [1.54, 1.807) is 81.4 Å². The van der Waals surface area contributed by atoms with E-state index >= 15 is 0 Å². The van der Waals surface area contributed by atoms with Gasteiger partial charge in [0.05, 0.1) is 26.4 Å². The number of carbonyl (C=O) groups excluding carboxylic acids is 3. The molecule has 0 fully saturated rings. The lowest BCUT2D eigenvalue weighted by Crippen LogP contribution is -2.60. The van der Waals surface area contributed by atoms with Crippen molar-refractivity contribution in [2.45, 2.75) is 37.5 Å². The molecule has 36 heavy (non-hydrogen) atoms. The molecule has 0 heterocycles. The van der Waals surface area contributed by atoms with Crippen LogP contribution in [0.5, 0.6) is 0 Å². The monoisotopic (exact) mass is 526 g/mol. The summed E-state index contributed by atoms with van der Waals surface area (Å²) in [5, 5.41) is 39.1. The Kier molecular flexibility index (Phi) is 13.5. The summed E-state index contributed by atoms with van der Waals surface area (Å²) in [6.07, 6.45) is -0.880. The molecule has 1 amide bonds. The SMILES string of the molecule is CC(C)(C)OC(=O)NC(CO)(CO)C(=O)c1ccccc1.Cl.NC(CO)(CO)C(=O)c1ccccc1. The summed E-state index contributed by atoms with van der Waals surface area (Å²) in [7, 11) is 0. The number of rotatable bonds is 9. The molecule has 2 aromatic carbocycles. The second kappa shape index (κ2) is 14.6. The van der Waals surface area contributed by atoms with Gasteiger partial charge in [0, 0.05) is 11.1 Å². The number of aliphatic hydroxyl groups excluding tert-OH is 4. The summed E-state index contributed by atoms with van der Waals surface area (Å²) in [5.41, 5.74) is 2.03. The van der Waals surface area contributed by atoms with Crippen molar-refractivity contribution in [2.75, 3.05) is 26.4 Å². The first-order valence-electron chi connectivity index (χ1n) is 10.8. The van der Waals surface area contributed by atoms with Crippen LogP contribution in [0, 0.1) is 0 Å². The number of amides is 1. The zero-order chi connectivity index (χ0) is 26.7. The van der Waals surface area contributed by atoms with E-state index in [4.69, 9.17) is 20.7 Å². The second-order valence-electron chi connectivity index (χ2n) is 8.89. The molecule has 0 saturated heterocycles. The Morgan fingerprint density at radius 1 is 0.750 bits per heavy atom. The maximum atomic E-state index is 12.4. The van der Waals surface area contributed by atoms with Gasteiger partial charge in [0.15, 0.2) is 17.1 Å². The molecule has 0 aliphatic rings. The van der Waals surface area contributed by atoms with Gasteiger partial charge in [0.25, 0.3) is 0 Å². The Labute approximate surface area is 216 Å². The van der Waals surface area contributed by atoms with Crippen LogP contribution < -0.4 is 11.1 Å². The van der Waals surface area contributed by atoms with Gasteiger partial charge in [-0.1, -0.05) is 60.7 Å². The minimum absolute atomic E-state index is 0. The van der Waals surface area contributed by atoms with E-state index in [1.165, 1.54) is 0 Å². The van der Waals surface area contributed by atoms with Gasteiger partial charge in [-0.05, 0) is 20.8 Å². The molecule has 2 rings (SSSR count). The van der Waals surface area contributed by atoms with Crippen molar-refractivity contribution < 1.29 is 39.5 Å². The van der Waals surface area contributed by atoms with Crippen LogP contribution >= 0.6 is 12.4 Å². The Balaban J connectivity index is 0.000000713. The number of hydrogen-bond acceptors (Lipinski definition) is 9. The van der Waals surface area contributed by atoms with Crippen molar-refractivity contribution in [1.29, 1.82) is 0 Å². The van der Waals surface area contributed by atoms with Crippen LogP contribution in [0.3, 0.4) is 0 Å². The summed E-state index contributed by atoms with van der Waals surface area (Å²) in [4.78, 5) is 35.9. The number of halogens is 1. The van der Waals surface area contributed by atoms with Gasteiger partial charge in [-0.2, -0.15) is 0 Å². The number of ketones is 2. The van der Waals surface area contributed by atoms with Crippen LogP contribution in [0.1, 0.15) is 41.5 Å². The molecule has 0 unspecified atom stereocenters. The molecule has 7 N–H and O–H groups in total. The van der Waals surface area contributed by atoms with Crippen LogP contribution in [-0.2, 0) is 4.74 Å². The highest BCUT2D eigenvalue weighted by atomic mass is 35.5. The smallest absolute Gasteiger partial charge is 0.408 e. The number of nitrogens with one attached hydrogen (secondary N) is 1. The Morgan fingerprint density at radius 3 is 1.47 bits per heavy atom.